The van der Waals surface area contributed by atoms with Gasteiger partial charge in [0.1, 0.15) is 11.6 Å². The Hall–Kier alpha value is -2.02. The van der Waals surface area contributed by atoms with Crippen LogP contribution < -0.4 is 10.6 Å². The zero-order valence-electron chi connectivity index (χ0n) is 11.7. The molecule has 0 radical (unpaired) electrons. The Morgan fingerprint density at radius 3 is 2.62 bits per heavy atom. The summed E-state index contributed by atoms with van der Waals surface area (Å²) in [5.41, 5.74) is 0.0453. The predicted molar refractivity (Wildman–Crippen MR) is 72.2 cm³/mol. The maximum atomic E-state index is 13.8. The fraction of sp³-hybridized carbons (Fsp3) is 0.429. The second-order valence-corrected chi connectivity index (χ2v) is 4.55. The molecule has 0 bridgehead atoms. The number of amides is 2. The van der Waals surface area contributed by atoms with Crippen LogP contribution in [0.4, 0.5) is 8.78 Å². The summed E-state index contributed by atoms with van der Waals surface area (Å²) < 4.78 is 26.7. The van der Waals surface area contributed by atoms with E-state index in [0.717, 1.165) is 6.07 Å². The molecule has 7 heteroatoms. The van der Waals surface area contributed by atoms with Gasteiger partial charge < -0.3 is 15.7 Å². The highest BCUT2D eigenvalue weighted by atomic mass is 19.1. The largest absolute Gasteiger partial charge is 0.396 e. The molecule has 0 saturated carbocycles. The molecule has 0 aliphatic heterocycles. The minimum Gasteiger partial charge on any atom is -0.396 e. The summed E-state index contributed by atoms with van der Waals surface area (Å²) in [6.07, 6.45) is 0.231. The van der Waals surface area contributed by atoms with Crippen molar-refractivity contribution in [2.24, 2.45) is 0 Å². The normalized spacial score (nSPS) is 11.8. The molecule has 1 aromatic rings. The first-order valence-corrected chi connectivity index (χ1v) is 6.53. The zero-order valence-corrected chi connectivity index (χ0v) is 11.7. The van der Waals surface area contributed by atoms with Gasteiger partial charge in [0, 0.05) is 31.7 Å². The van der Waals surface area contributed by atoms with Gasteiger partial charge in [0.25, 0.3) is 0 Å². The van der Waals surface area contributed by atoms with Crippen LogP contribution in [-0.2, 0) is 9.59 Å². The summed E-state index contributed by atoms with van der Waals surface area (Å²) >= 11 is 0. The van der Waals surface area contributed by atoms with Crippen LogP contribution in [0.3, 0.4) is 0 Å². The smallest absolute Gasteiger partial charge is 0.222 e. The lowest BCUT2D eigenvalue weighted by atomic mass is 10.0. The average molecular weight is 300 g/mol. The standard InChI is InChI=1S/C14H18F2N2O3/c1-9(20)18-13(8-14(21)17-5-2-6-19)11-4-3-10(15)7-12(11)16/h3-4,7,13,19H,2,5-6,8H2,1H3,(H,17,21)(H,18,20). The first-order chi connectivity index (χ1) is 9.93. The number of benzene rings is 1. The third-order valence-corrected chi connectivity index (χ3v) is 2.76. The molecule has 5 nitrogen and oxygen atoms in total. The number of hydrogen-bond acceptors (Lipinski definition) is 3. The molecule has 2 amide bonds. The van der Waals surface area contributed by atoms with Crippen LogP contribution in [-0.4, -0.2) is 30.1 Å². The van der Waals surface area contributed by atoms with Crippen molar-refractivity contribution in [2.45, 2.75) is 25.8 Å². The zero-order chi connectivity index (χ0) is 15.8. The molecule has 0 aliphatic carbocycles. The van der Waals surface area contributed by atoms with Crippen molar-refractivity contribution in [1.29, 1.82) is 0 Å². The summed E-state index contributed by atoms with van der Waals surface area (Å²) in [5, 5.41) is 13.6. The Morgan fingerprint density at radius 1 is 1.33 bits per heavy atom. The van der Waals surface area contributed by atoms with Crippen molar-refractivity contribution in [3.63, 3.8) is 0 Å². The number of halogens is 2. The van der Waals surface area contributed by atoms with E-state index in [1.807, 2.05) is 0 Å². The highest BCUT2D eigenvalue weighted by molar-refractivity contribution is 5.79. The molecule has 0 spiro atoms. The van der Waals surface area contributed by atoms with Gasteiger partial charge in [-0.15, -0.1) is 0 Å². The van der Waals surface area contributed by atoms with E-state index in [2.05, 4.69) is 10.6 Å². The van der Waals surface area contributed by atoms with Crippen LogP contribution in [0.15, 0.2) is 18.2 Å². The topological polar surface area (TPSA) is 78.4 Å². The number of aliphatic hydroxyl groups is 1. The molecule has 0 aliphatic rings. The molecule has 1 unspecified atom stereocenters. The first-order valence-electron chi connectivity index (χ1n) is 6.53. The maximum absolute atomic E-state index is 13.8. The second-order valence-electron chi connectivity index (χ2n) is 4.55. The van der Waals surface area contributed by atoms with Gasteiger partial charge in [-0.3, -0.25) is 9.59 Å². The summed E-state index contributed by atoms with van der Waals surface area (Å²) in [4.78, 5) is 22.9. The SMILES string of the molecule is CC(=O)NC(CC(=O)NCCCO)c1ccc(F)cc1F. The summed E-state index contributed by atoms with van der Waals surface area (Å²) in [7, 11) is 0. The summed E-state index contributed by atoms with van der Waals surface area (Å²) in [6, 6.07) is 2.09. The lowest BCUT2D eigenvalue weighted by Gasteiger charge is -2.18. The Bertz CT molecular complexity index is 509. The van der Waals surface area contributed by atoms with Gasteiger partial charge in [0.05, 0.1) is 12.5 Å². The van der Waals surface area contributed by atoms with Gasteiger partial charge >= 0.3 is 0 Å². The van der Waals surface area contributed by atoms with E-state index in [9.17, 15) is 18.4 Å². The van der Waals surface area contributed by atoms with Gasteiger partial charge in [-0.1, -0.05) is 6.07 Å². The minimum absolute atomic E-state index is 0.0453. The number of carbonyl (C=O) groups is 2. The minimum atomic E-state index is -0.878. The van der Waals surface area contributed by atoms with Gasteiger partial charge in [0.15, 0.2) is 0 Å². The predicted octanol–water partition coefficient (Wildman–Crippen LogP) is 1.03. The monoisotopic (exact) mass is 300 g/mol. The molecule has 21 heavy (non-hydrogen) atoms. The van der Waals surface area contributed by atoms with Gasteiger partial charge in [-0.25, -0.2) is 8.78 Å². The molecule has 3 N–H and O–H groups in total. The number of nitrogens with one attached hydrogen (secondary N) is 2. The van der Waals surface area contributed by atoms with E-state index in [4.69, 9.17) is 5.11 Å². The van der Waals surface area contributed by atoms with Crippen molar-refractivity contribution in [3.05, 3.63) is 35.4 Å². The van der Waals surface area contributed by atoms with Gasteiger partial charge in [-0.2, -0.15) is 0 Å². The molecular formula is C14H18F2N2O3. The lowest BCUT2D eigenvalue weighted by molar-refractivity contribution is -0.122. The Balaban J connectivity index is 2.80. The fourth-order valence-electron chi connectivity index (χ4n) is 1.83. The van der Waals surface area contributed by atoms with E-state index in [0.29, 0.717) is 12.5 Å². The van der Waals surface area contributed by atoms with Crippen LogP contribution in [0.5, 0.6) is 0 Å². The molecule has 1 aromatic carbocycles. The van der Waals surface area contributed by atoms with Crippen LogP contribution in [0.1, 0.15) is 31.4 Å². The third-order valence-electron chi connectivity index (χ3n) is 2.76. The van der Waals surface area contributed by atoms with Crippen molar-refractivity contribution in [3.8, 4) is 0 Å². The molecule has 1 atom stereocenters. The van der Waals surface area contributed by atoms with E-state index < -0.39 is 29.5 Å². The third kappa shape index (κ3) is 5.86. The van der Waals surface area contributed by atoms with Gasteiger partial charge in [-0.05, 0) is 12.5 Å². The number of aliphatic hydroxyl groups excluding tert-OH is 1. The van der Waals surface area contributed by atoms with E-state index in [1.165, 1.54) is 13.0 Å². The molecule has 0 aromatic heterocycles. The molecule has 116 valence electrons. The lowest BCUT2D eigenvalue weighted by Crippen LogP contribution is -2.33. The molecule has 0 fully saturated rings. The van der Waals surface area contributed by atoms with E-state index in [1.54, 1.807) is 0 Å². The Labute approximate surface area is 121 Å². The Morgan fingerprint density at radius 2 is 2.05 bits per heavy atom. The number of carbonyl (C=O) groups excluding carboxylic acids is 2. The molecule has 1 rings (SSSR count). The van der Waals surface area contributed by atoms with E-state index >= 15 is 0 Å². The molecular weight excluding hydrogens is 282 g/mol. The fourth-order valence-corrected chi connectivity index (χ4v) is 1.83. The van der Waals surface area contributed by atoms with Crippen molar-refractivity contribution >= 4 is 11.8 Å². The first kappa shape index (κ1) is 17.0. The maximum Gasteiger partial charge on any atom is 0.222 e. The summed E-state index contributed by atoms with van der Waals surface area (Å²) in [6.45, 7) is 1.48. The Kier molecular flexibility index (Phi) is 6.74. The number of rotatable bonds is 7. The van der Waals surface area contributed by atoms with E-state index in [-0.39, 0.29) is 25.1 Å². The van der Waals surface area contributed by atoms with Crippen LogP contribution in [0, 0.1) is 11.6 Å². The van der Waals surface area contributed by atoms with Crippen molar-refractivity contribution in [1.82, 2.24) is 10.6 Å². The molecule has 0 saturated heterocycles. The second kappa shape index (κ2) is 8.31. The van der Waals surface area contributed by atoms with Crippen molar-refractivity contribution < 1.29 is 23.5 Å². The van der Waals surface area contributed by atoms with Crippen LogP contribution in [0.25, 0.3) is 0 Å². The quantitative estimate of drug-likeness (QED) is 0.658. The summed E-state index contributed by atoms with van der Waals surface area (Å²) in [5.74, 6) is -2.38. The van der Waals surface area contributed by atoms with Crippen LogP contribution in [0.2, 0.25) is 0 Å². The van der Waals surface area contributed by atoms with Crippen molar-refractivity contribution in [2.75, 3.05) is 13.2 Å². The van der Waals surface area contributed by atoms with Gasteiger partial charge in [0.2, 0.25) is 11.8 Å². The molecule has 0 heterocycles. The number of hydrogen-bond donors (Lipinski definition) is 3. The van der Waals surface area contributed by atoms with Crippen LogP contribution >= 0.6 is 0 Å². The highest BCUT2D eigenvalue weighted by Gasteiger charge is 2.20. The highest BCUT2D eigenvalue weighted by Crippen LogP contribution is 2.21. The average Bonchev–Trinajstić information content (AvgIpc) is 2.37.